The first-order valence-corrected chi connectivity index (χ1v) is 9.20. The first-order valence-electron chi connectivity index (χ1n) is 9.20. The Hall–Kier alpha value is -4.27. The second kappa shape index (κ2) is 8.39. The molecule has 0 unspecified atom stereocenters. The van der Waals surface area contributed by atoms with E-state index in [2.05, 4.69) is 15.5 Å². The average molecular weight is 403 g/mol. The van der Waals surface area contributed by atoms with E-state index in [0.717, 1.165) is 5.65 Å². The van der Waals surface area contributed by atoms with Crippen LogP contribution in [0.25, 0.3) is 5.65 Å². The maximum atomic E-state index is 12.8. The predicted molar refractivity (Wildman–Crippen MR) is 109 cm³/mol. The van der Waals surface area contributed by atoms with E-state index in [-0.39, 0.29) is 23.5 Å². The van der Waals surface area contributed by atoms with Gasteiger partial charge in [0.15, 0.2) is 5.65 Å². The van der Waals surface area contributed by atoms with Crippen LogP contribution in [0.2, 0.25) is 0 Å². The molecule has 0 aliphatic heterocycles. The van der Waals surface area contributed by atoms with Crippen LogP contribution in [0.3, 0.4) is 0 Å². The van der Waals surface area contributed by atoms with E-state index in [1.807, 2.05) is 34.9 Å². The molecule has 0 aliphatic rings. The predicted octanol–water partition coefficient (Wildman–Crippen LogP) is 3.40. The number of nitrogens with one attached hydrogen (secondary N) is 1. The Bertz CT molecular complexity index is 1210. The van der Waals surface area contributed by atoms with Gasteiger partial charge in [0, 0.05) is 31.3 Å². The number of aromatic nitrogens is 3. The van der Waals surface area contributed by atoms with Crippen molar-refractivity contribution in [3.8, 4) is 11.5 Å². The third kappa shape index (κ3) is 4.09. The number of rotatable bonds is 7. The van der Waals surface area contributed by atoms with Crippen molar-refractivity contribution in [1.82, 2.24) is 19.9 Å². The fraction of sp³-hybridized carbons (Fsp3) is 0.0952. The number of ether oxygens (including phenoxy) is 1. The van der Waals surface area contributed by atoms with Gasteiger partial charge < -0.3 is 10.1 Å². The number of nitro groups is 1. The van der Waals surface area contributed by atoms with Gasteiger partial charge in [0.25, 0.3) is 11.6 Å². The Morgan fingerprint density at radius 1 is 1.07 bits per heavy atom. The summed E-state index contributed by atoms with van der Waals surface area (Å²) in [6.07, 6.45) is 2.29. The van der Waals surface area contributed by atoms with Crippen LogP contribution in [0.4, 0.5) is 5.69 Å². The molecule has 0 bridgehead atoms. The second-order valence-corrected chi connectivity index (χ2v) is 6.40. The minimum Gasteiger partial charge on any atom is -0.457 e. The van der Waals surface area contributed by atoms with Crippen LogP contribution in [0.1, 0.15) is 16.2 Å². The van der Waals surface area contributed by atoms with Crippen molar-refractivity contribution in [3.63, 3.8) is 0 Å². The van der Waals surface area contributed by atoms with Crippen molar-refractivity contribution in [2.75, 3.05) is 6.54 Å². The molecule has 0 spiro atoms. The molecule has 150 valence electrons. The topological polar surface area (TPSA) is 112 Å². The fourth-order valence-electron chi connectivity index (χ4n) is 2.96. The number of carbonyl (C=O) groups is 1. The Morgan fingerprint density at radius 2 is 1.87 bits per heavy atom. The van der Waals surface area contributed by atoms with Gasteiger partial charge in [0.05, 0.1) is 10.5 Å². The Labute approximate surface area is 171 Å². The molecule has 0 saturated carbocycles. The van der Waals surface area contributed by atoms with E-state index >= 15 is 0 Å². The second-order valence-electron chi connectivity index (χ2n) is 6.40. The molecule has 0 fully saturated rings. The summed E-state index contributed by atoms with van der Waals surface area (Å²) in [6, 6.07) is 18.4. The van der Waals surface area contributed by atoms with Crippen molar-refractivity contribution in [2.45, 2.75) is 6.42 Å². The summed E-state index contributed by atoms with van der Waals surface area (Å²) in [4.78, 5) is 23.4. The minimum absolute atomic E-state index is 0.0826. The Balaban J connectivity index is 1.51. The number of nitro benzene ring substituents is 1. The third-order valence-electron chi connectivity index (χ3n) is 4.41. The first kappa shape index (κ1) is 19.1. The van der Waals surface area contributed by atoms with E-state index in [0.29, 0.717) is 18.0 Å². The highest BCUT2D eigenvalue weighted by Crippen LogP contribution is 2.28. The van der Waals surface area contributed by atoms with E-state index in [1.54, 1.807) is 24.3 Å². The lowest BCUT2D eigenvalue weighted by Crippen LogP contribution is -2.26. The van der Waals surface area contributed by atoms with Crippen molar-refractivity contribution in [2.24, 2.45) is 0 Å². The van der Waals surface area contributed by atoms with Gasteiger partial charge in [-0.3, -0.25) is 19.3 Å². The number of benzene rings is 2. The number of nitrogens with zero attached hydrogens (tertiary/aromatic N) is 4. The van der Waals surface area contributed by atoms with Gasteiger partial charge in [0.2, 0.25) is 0 Å². The lowest BCUT2D eigenvalue weighted by atomic mass is 10.1. The number of hydrogen-bond donors (Lipinski definition) is 1. The third-order valence-corrected chi connectivity index (χ3v) is 4.41. The van der Waals surface area contributed by atoms with Crippen molar-refractivity contribution in [3.05, 3.63) is 94.4 Å². The molecular weight excluding hydrogens is 386 g/mol. The quantitative estimate of drug-likeness (QED) is 0.374. The minimum atomic E-state index is -0.550. The summed E-state index contributed by atoms with van der Waals surface area (Å²) in [6.45, 7) is 0.280. The molecule has 9 nitrogen and oxygen atoms in total. The fourth-order valence-corrected chi connectivity index (χ4v) is 2.96. The molecule has 2 aromatic heterocycles. The van der Waals surface area contributed by atoms with Crippen molar-refractivity contribution < 1.29 is 14.5 Å². The van der Waals surface area contributed by atoms with Crippen molar-refractivity contribution >= 4 is 17.2 Å². The standard InChI is InChI=1S/C21H17N5O4/c27-21(22-12-11-20-24-23-19-8-4-5-13-25(19)20)17-14-15(26(28)29)9-10-18(17)30-16-6-2-1-3-7-16/h1-10,13-14H,11-12H2,(H,22,27). The molecule has 4 aromatic rings. The number of amides is 1. The summed E-state index contributed by atoms with van der Waals surface area (Å²) in [5.74, 6) is 0.983. The van der Waals surface area contributed by atoms with E-state index < -0.39 is 10.8 Å². The molecule has 2 heterocycles. The maximum absolute atomic E-state index is 12.8. The van der Waals surface area contributed by atoms with Gasteiger partial charge in [-0.2, -0.15) is 0 Å². The lowest BCUT2D eigenvalue weighted by Gasteiger charge is -2.11. The van der Waals surface area contributed by atoms with Gasteiger partial charge in [-0.1, -0.05) is 24.3 Å². The van der Waals surface area contributed by atoms with Crippen molar-refractivity contribution in [1.29, 1.82) is 0 Å². The highest BCUT2D eigenvalue weighted by Gasteiger charge is 2.18. The van der Waals surface area contributed by atoms with E-state index in [1.165, 1.54) is 18.2 Å². The first-order chi connectivity index (χ1) is 14.6. The largest absolute Gasteiger partial charge is 0.457 e. The molecule has 9 heteroatoms. The molecule has 1 N–H and O–H groups in total. The van der Waals surface area contributed by atoms with Crippen LogP contribution in [0.5, 0.6) is 11.5 Å². The van der Waals surface area contributed by atoms with Gasteiger partial charge in [-0.15, -0.1) is 10.2 Å². The zero-order valence-electron chi connectivity index (χ0n) is 15.8. The number of carbonyl (C=O) groups excluding carboxylic acids is 1. The van der Waals surface area contributed by atoms with Gasteiger partial charge in [-0.25, -0.2) is 0 Å². The summed E-state index contributed by atoms with van der Waals surface area (Å²) in [7, 11) is 0. The molecule has 4 rings (SSSR count). The zero-order chi connectivity index (χ0) is 20.9. The summed E-state index contributed by atoms with van der Waals surface area (Å²) in [5, 5.41) is 22.1. The highest BCUT2D eigenvalue weighted by molar-refractivity contribution is 5.97. The maximum Gasteiger partial charge on any atom is 0.270 e. The van der Waals surface area contributed by atoms with Crippen LogP contribution in [0.15, 0.2) is 72.9 Å². The number of hydrogen-bond acceptors (Lipinski definition) is 6. The van der Waals surface area contributed by atoms with Crippen LogP contribution in [-0.2, 0) is 6.42 Å². The molecule has 1 amide bonds. The number of para-hydroxylation sites is 1. The monoisotopic (exact) mass is 403 g/mol. The molecule has 0 aliphatic carbocycles. The van der Waals surface area contributed by atoms with Crippen LogP contribution >= 0.6 is 0 Å². The lowest BCUT2D eigenvalue weighted by molar-refractivity contribution is -0.384. The number of non-ortho nitro benzene ring substituents is 1. The average Bonchev–Trinajstić information content (AvgIpc) is 3.18. The highest BCUT2D eigenvalue weighted by atomic mass is 16.6. The summed E-state index contributed by atoms with van der Waals surface area (Å²) >= 11 is 0. The molecule has 0 saturated heterocycles. The summed E-state index contributed by atoms with van der Waals surface area (Å²) in [5.41, 5.74) is 0.610. The molecule has 2 aromatic carbocycles. The Morgan fingerprint density at radius 3 is 2.67 bits per heavy atom. The molecule has 0 radical (unpaired) electrons. The number of fused-ring (bicyclic) bond motifs is 1. The number of pyridine rings is 1. The van der Waals surface area contributed by atoms with Gasteiger partial charge in [0.1, 0.15) is 17.3 Å². The SMILES string of the molecule is O=C(NCCc1nnc2ccccn12)c1cc([N+](=O)[O-])ccc1Oc1ccccc1. The molecule has 30 heavy (non-hydrogen) atoms. The van der Waals surface area contributed by atoms with Crippen LogP contribution in [-0.4, -0.2) is 32.0 Å². The Kier molecular flexibility index (Phi) is 5.33. The normalized spacial score (nSPS) is 10.7. The van der Waals surface area contributed by atoms with Gasteiger partial charge >= 0.3 is 0 Å². The molecule has 0 atom stereocenters. The van der Waals surface area contributed by atoms with Crippen LogP contribution < -0.4 is 10.1 Å². The zero-order valence-corrected chi connectivity index (χ0v) is 15.8. The summed E-state index contributed by atoms with van der Waals surface area (Å²) < 4.78 is 7.60. The van der Waals surface area contributed by atoms with E-state index in [9.17, 15) is 14.9 Å². The smallest absolute Gasteiger partial charge is 0.270 e. The molecular formula is C21H17N5O4. The van der Waals surface area contributed by atoms with E-state index in [4.69, 9.17) is 4.74 Å². The van der Waals surface area contributed by atoms with Crippen LogP contribution in [0, 0.1) is 10.1 Å². The van der Waals surface area contributed by atoms with Gasteiger partial charge in [-0.05, 0) is 30.3 Å².